The Morgan fingerprint density at radius 2 is 1.87 bits per heavy atom. The molecule has 0 aliphatic heterocycles. The molecule has 84 valence electrons. The number of alkyl halides is 3. The zero-order valence-electron chi connectivity index (χ0n) is 7.31. The van der Waals surface area contributed by atoms with E-state index in [1.807, 2.05) is 0 Å². The van der Waals surface area contributed by atoms with Crippen molar-refractivity contribution < 1.29 is 23.1 Å². The third kappa shape index (κ3) is 3.21. The lowest BCUT2D eigenvalue weighted by molar-refractivity contribution is -0.137. The van der Waals surface area contributed by atoms with Crippen LogP contribution in [0.1, 0.15) is 15.9 Å². The molecular weight excluding hydrogens is 279 g/mol. The Bertz CT molecular complexity index is 379. The molecule has 0 atom stereocenters. The highest BCUT2D eigenvalue weighted by Crippen LogP contribution is 2.31. The Morgan fingerprint density at radius 3 is 2.27 bits per heavy atom. The highest BCUT2D eigenvalue weighted by Gasteiger charge is 2.31. The number of aromatic carboxylic acids is 1. The summed E-state index contributed by atoms with van der Waals surface area (Å²) < 4.78 is 36.6. The second-order valence-electron chi connectivity index (χ2n) is 2.50. The topological polar surface area (TPSA) is 72.3 Å². The molecule has 1 aromatic carbocycles. The van der Waals surface area contributed by atoms with Crippen molar-refractivity contribution in [3.63, 3.8) is 0 Å². The summed E-state index contributed by atoms with van der Waals surface area (Å²) in [5, 5.41) is 8.56. The first-order chi connectivity index (χ1) is 6.32. The largest absolute Gasteiger partial charge is 0.478 e. The van der Waals surface area contributed by atoms with Crippen molar-refractivity contribution in [2.75, 3.05) is 0 Å². The van der Waals surface area contributed by atoms with Crippen LogP contribution >= 0.6 is 15.9 Å². The van der Waals surface area contributed by atoms with E-state index in [-0.39, 0.29) is 10.6 Å². The molecule has 4 N–H and O–H groups in total. The van der Waals surface area contributed by atoms with Gasteiger partial charge in [-0.3, -0.25) is 0 Å². The molecular formula is C8H7BrF3NO2. The number of hydrogen-bond donors (Lipinski definition) is 2. The average Bonchev–Trinajstić information content (AvgIpc) is 2.02. The number of carbonyl (C=O) groups is 1. The van der Waals surface area contributed by atoms with E-state index < -0.39 is 23.3 Å². The molecule has 0 heterocycles. The fraction of sp³-hybridized carbons (Fsp3) is 0.125. The second kappa shape index (κ2) is 4.63. The van der Waals surface area contributed by atoms with Gasteiger partial charge in [-0.05, 0) is 34.1 Å². The number of rotatable bonds is 1. The molecule has 0 radical (unpaired) electrons. The Morgan fingerprint density at radius 1 is 1.33 bits per heavy atom. The highest BCUT2D eigenvalue weighted by molar-refractivity contribution is 9.10. The van der Waals surface area contributed by atoms with Gasteiger partial charge in [0.15, 0.2) is 0 Å². The van der Waals surface area contributed by atoms with Gasteiger partial charge in [0.2, 0.25) is 0 Å². The molecule has 1 aromatic rings. The van der Waals surface area contributed by atoms with Crippen molar-refractivity contribution in [3.8, 4) is 0 Å². The van der Waals surface area contributed by atoms with Crippen molar-refractivity contribution in [1.82, 2.24) is 6.15 Å². The van der Waals surface area contributed by atoms with E-state index in [9.17, 15) is 18.0 Å². The van der Waals surface area contributed by atoms with Crippen LogP contribution in [0.5, 0.6) is 0 Å². The molecule has 0 bridgehead atoms. The zero-order valence-corrected chi connectivity index (χ0v) is 8.89. The van der Waals surface area contributed by atoms with Gasteiger partial charge in [0, 0.05) is 4.47 Å². The van der Waals surface area contributed by atoms with E-state index in [2.05, 4.69) is 15.9 Å². The van der Waals surface area contributed by atoms with Gasteiger partial charge in [-0.25, -0.2) is 4.79 Å². The van der Waals surface area contributed by atoms with Gasteiger partial charge >= 0.3 is 12.1 Å². The molecule has 3 nitrogen and oxygen atoms in total. The van der Waals surface area contributed by atoms with Crippen molar-refractivity contribution in [1.29, 1.82) is 0 Å². The van der Waals surface area contributed by atoms with Gasteiger partial charge in [-0.1, -0.05) is 0 Å². The van der Waals surface area contributed by atoms with Crippen LogP contribution in [0.4, 0.5) is 13.2 Å². The maximum atomic E-state index is 12.2. The molecule has 0 fully saturated rings. The van der Waals surface area contributed by atoms with Gasteiger partial charge in [0.05, 0.1) is 11.1 Å². The average molecular weight is 286 g/mol. The minimum Gasteiger partial charge on any atom is -0.478 e. The van der Waals surface area contributed by atoms with Crippen LogP contribution < -0.4 is 6.15 Å². The molecule has 0 aliphatic rings. The predicted octanol–water partition coefficient (Wildman–Crippen LogP) is 3.33. The van der Waals surface area contributed by atoms with Crippen molar-refractivity contribution >= 4 is 21.9 Å². The fourth-order valence-corrected chi connectivity index (χ4v) is 1.28. The zero-order chi connectivity index (χ0) is 10.9. The summed E-state index contributed by atoms with van der Waals surface area (Å²) >= 11 is 2.85. The Kier molecular flexibility index (Phi) is 4.29. The quantitative estimate of drug-likeness (QED) is 0.831. The molecule has 15 heavy (non-hydrogen) atoms. The number of halogens is 4. The molecule has 7 heteroatoms. The summed E-state index contributed by atoms with van der Waals surface area (Å²) in [6, 6.07) is 2.47. The monoisotopic (exact) mass is 285 g/mol. The maximum Gasteiger partial charge on any atom is 0.416 e. The fourth-order valence-electron chi connectivity index (χ4n) is 0.865. The summed E-state index contributed by atoms with van der Waals surface area (Å²) in [4.78, 5) is 10.5. The summed E-state index contributed by atoms with van der Waals surface area (Å²) in [7, 11) is 0. The van der Waals surface area contributed by atoms with E-state index in [0.717, 1.165) is 12.1 Å². The maximum absolute atomic E-state index is 12.2. The second-order valence-corrected chi connectivity index (χ2v) is 3.35. The summed E-state index contributed by atoms with van der Waals surface area (Å²) in [5.41, 5.74) is -1.38. The first kappa shape index (κ1) is 13.9. The van der Waals surface area contributed by atoms with E-state index in [1.54, 1.807) is 0 Å². The lowest BCUT2D eigenvalue weighted by Gasteiger charge is -2.07. The first-order valence-corrected chi connectivity index (χ1v) is 4.21. The Hall–Kier alpha value is -1.08. The van der Waals surface area contributed by atoms with Gasteiger partial charge in [-0.2, -0.15) is 13.2 Å². The summed E-state index contributed by atoms with van der Waals surface area (Å²) in [6.07, 6.45) is -4.52. The van der Waals surface area contributed by atoms with Gasteiger partial charge in [0.25, 0.3) is 0 Å². The third-order valence-electron chi connectivity index (χ3n) is 1.52. The molecule has 0 spiro atoms. The van der Waals surface area contributed by atoms with E-state index in [4.69, 9.17) is 5.11 Å². The number of carboxylic acids is 1. The molecule has 0 amide bonds. The lowest BCUT2D eigenvalue weighted by Crippen LogP contribution is -2.07. The molecule has 0 unspecified atom stereocenters. The van der Waals surface area contributed by atoms with E-state index in [0.29, 0.717) is 6.07 Å². The van der Waals surface area contributed by atoms with Crippen LogP contribution in [0, 0.1) is 0 Å². The molecule has 0 aliphatic carbocycles. The number of hydrogen-bond acceptors (Lipinski definition) is 2. The third-order valence-corrected chi connectivity index (χ3v) is 2.22. The van der Waals surface area contributed by atoms with Gasteiger partial charge in [-0.15, -0.1) is 0 Å². The van der Waals surface area contributed by atoms with Crippen molar-refractivity contribution in [3.05, 3.63) is 33.8 Å². The molecule has 0 saturated carbocycles. The first-order valence-electron chi connectivity index (χ1n) is 3.42. The minimum absolute atomic E-state index is 0. The minimum atomic E-state index is -4.52. The summed E-state index contributed by atoms with van der Waals surface area (Å²) in [5.74, 6) is -1.40. The molecule has 0 aromatic heterocycles. The Balaban J connectivity index is 0.00000196. The van der Waals surface area contributed by atoms with Gasteiger partial charge < -0.3 is 11.3 Å². The standard InChI is InChI=1S/C8H4BrF3O2.H3N/c9-6-2-1-4(8(10,11)12)3-5(6)7(13)14;/h1-3H,(H,13,14);1H3. The number of benzene rings is 1. The normalized spacial score (nSPS) is 10.7. The van der Waals surface area contributed by atoms with Gasteiger partial charge in [0.1, 0.15) is 0 Å². The highest BCUT2D eigenvalue weighted by atomic mass is 79.9. The van der Waals surface area contributed by atoms with Crippen LogP contribution in [0.15, 0.2) is 22.7 Å². The van der Waals surface area contributed by atoms with Crippen molar-refractivity contribution in [2.24, 2.45) is 0 Å². The van der Waals surface area contributed by atoms with E-state index >= 15 is 0 Å². The lowest BCUT2D eigenvalue weighted by atomic mass is 10.1. The van der Waals surface area contributed by atoms with Crippen LogP contribution in [0.2, 0.25) is 0 Å². The number of carboxylic acid groups (broad SMARTS) is 1. The molecule has 0 saturated heterocycles. The van der Waals surface area contributed by atoms with E-state index in [1.165, 1.54) is 0 Å². The van der Waals surface area contributed by atoms with Crippen LogP contribution in [0.3, 0.4) is 0 Å². The van der Waals surface area contributed by atoms with Crippen molar-refractivity contribution in [2.45, 2.75) is 6.18 Å². The smallest absolute Gasteiger partial charge is 0.416 e. The molecule has 1 rings (SSSR count). The van der Waals surface area contributed by atoms with Crippen LogP contribution in [-0.2, 0) is 6.18 Å². The van der Waals surface area contributed by atoms with Crippen LogP contribution in [-0.4, -0.2) is 11.1 Å². The predicted molar refractivity (Wildman–Crippen MR) is 51.1 cm³/mol. The Labute approximate surface area is 91.6 Å². The summed E-state index contributed by atoms with van der Waals surface area (Å²) in [6.45, 7) is 0. The SMILES string of the molecule is N.O=C(O)c1cc(C(F)(F)F)ccc1Br. The van der Waals surface area contributed by atoms with Crippen LogP contribution in [0.25, 0.3) is 0 Å².